The monoisotopic (exact) mass is 566 g/mol. The van der Waals surface area contributed by atoms with Crippen LogP contribution < -0.4 is 15.8 Å². The number of carbonyl (C=O) groups is 1. The SMILES string of the molecule is C[C@@H](Sc1nnc(CNc2ccc(Br)cc2)n1C)C(=O)N/N=C\c1cc(Cl)cc([N+](=O)[O-])c1[O-]. The molecule has 11 nitrogen and oxygen atoms in total. The molecule has 2 aromatic carbocycles. The molecule has 0 aliphatic rings. The van der Waals surface area contributed by atoms with Gasteiger partial charge >= 0.3 is 0 Å². The predicted molar refractivity (Wildman–Crippen MR) is 131 cm³/mol. The van der Waals surface area contributed by atoms with Crippen molar-refractivity contribution in [3.63, 3.8) is 0 Å². The van der Waals surface area contributed by atoms with Crippen molar-refractivity contribution in [3.05, 3.63) is 67.4 Å². The van der Waals surface area contributed by atoms with Gasteiger partial charge in [0.2, 0.25) is 0 Å². The van der Waals surface area contributed by atoms with Gasteiger partial charge in [0.15, 0.2) is 11.0 Å². The van der Waals surface area contributed by atoms with Crippen LogP contribution >= 0.6 is 39.3 Å². The van der Waals surface area contributed by atoms with Gasteiger partial charge in [-0.15, -0.1) is 10.2 Å². The van der Waals surface area contributed by atoms with E-state index in [0.29, 0.717) is 17.5 Å². The first-order valence-corrected chi connectivity index (χ1v) is 11.7. The lowest BCUT2D eigenvalue weighted by molar-refractivity contribution is -0.398. The second-order valence-electron chi connectivity index (χ2n) is 6.91. The van der Waals surface area contributed by atoms with Crippen molar-refractivity contribution in [3.8, 4) is 5.75 Å². The van der Waals surface area contributed by atoms with E-state index in [1.165, 1.54) is 17.8 Å². The number of nitrogens with zero attached hydrogens (tertiary/aromatic N) is 5. The number of rotatable bonds is 9. The maximum absolute atomic E-state index is 12.4. The Morgan fingerprint density at radius 3 is 2.74 bits per heavy atom. The smallest absolute Gasteiger partial charge is 0.263 e. The van der Waals surface area contributed by atoms with Crippen molar-refractivity contribution in [2.75, 3.05) is 5.32 Å². The number of hydrogen-bond donors (Lipinski definition) is 2. The van der Waals surface area contributed by atoms with Crippen molar-refractivity contribution < 1.29 is 14.8 Å². The molecule has 1 amide bonds. The summed E-state index contributed by atoms with van der Waals surface area (Å²) in [6.07, 6.45) is 1.02. The summed E-state index contributed by atoms with van der Waals surface area (Å²) < 4.78 is 2.76. The Bertz CT molecular complexity index is 1240. The number of nitro benzene ring substituents is 1. The molecule has 3 rings (SSSR count). The lowest BCUT2D eigenvalue weighted by atomic mass is 10.2. The van der Waals surface area contributed by atoms with Gasteiger partial charge < -0.3 is 15.0 Å². The zero-order valence-electron chi connectivity index (χ0n) is 17.9. The van der Waals surface area contributed by atoms with E-state index in [4.69, 9.17) is 11.6 Å². The maximum atomic E-state index is 12.4. The molecule has 0 saturated carbocycles. The normalized spacial score (nSPS) is 12.0. The van der Waals surface area contributed by atoms with Crippen LogP contribution in [0.15, 0.2) is 51.1 Å². The van der Waals surface area contributed by atoms with Crippen molar-refractivity contribution >= 4 is 62.8 Å². The van der Waals surface area contributed by atoms with E-state index in [0.717, 1.165) is 22.4 Å². The van der Waals surface area contributed by atoms with E-state index in [9.17, 15) is 20.0 Å². The van der Waals surface area contributed by atoms with Crippen molar-refractivity contribution in [1.29, 1.82) is 0 Å². The molecule has 2 N–H and O–H groups in total. The van der Waals surface area contributed by atoms with Gasteiger partial charge in [-0.25, -0.2) is 5.43 Å². The molecule has 0 fully saturated rings. The fourth-order valence-electron chi connectivity index (χ4n) is 2.65. The number of amides is 1. The average Bonchev–Trinajstić information content (AvgIpc) is 3.14. The molecule has 0 spiro atoms. The Morgan fingerprint density at radius 2 is 2.06 bits per heavy atom. The molecular formula is C20H18BrClN7O4S-. The van der Waals surface area contributed by atoms with Gasteiger partial charge in [0.1, 0.15) is 0 Å². The van der Waals surface area contributed by atoms with Gasteiger partial charge in [0.25, 0.3) is 11.6 Å². The second kappa shape index (κ2) is 11.3. The number of thioether (sulfide) groups is 1. The number of halogens is 2. The zero-order valence-corrected chi connectivity index (χ0v) is 21.0. The summed E-state index contributed by atoms with van der Waals surface area (Å²) in [7, 11) is 1.80. The number of nitro groups is 1. The van der Waals surface area contributed by atoms with E-state index in [-0.39, 0.29) is 10.6 Å². The highest BCUT2D eigenvalue weighted by Crippen LogP contribution is 2.30. The highest BCUT2D eigenvalue weighted by molar-refractivity contribution is 9.10. The van der Waals surface area contributed by atoms with Crippen LogP contribution in [0.3, 0.4) is 0 Å². The highest BCUT2D eigenvalue weighted by atomic mass is 79.9. The number of benzene rings is 2. The molecule has 34 heavy (non-hydrogen) atoms. The average molecular weight is 568 g/mol. The van der Waals surface area contributed by atoms with Crippen LogP contribution in [0.1, 0.15) is 18.3 Å². The van der Waals surface area contributed by atoms with Crippen molar-refractivity contribution in [2.45, 2.75) is 23.9 Å². The molecule has 0 bridgehead atoms. The Kier molecular flexibility index (Phi) is 8.47. The van der Waals surface area contributed by atoms with Gasteiger partial charge in [0, 0.05) is 28.3 Å². The van der Waals surface area contributed by atoms with Gasteiger partial charge in [-0.3, -0.25) is 14.9 Å². The Labute approximate surface area is 211 Å². The van der Waals surface area contributed by atoms with Gasteiger partial charge in [0.05, 0.1) is 22.9 Å². The number of hydrazone groups is 1. The first-order chi connectivity index (χ1) is 16.2. The van der Waals surface area contributed by atoms with E-state index in [2.05, 4.69) is 42.0 Å². The third-order valence-corrected chi connectivity index (χ3v) is 6.39. The molecule has 1 aromatic heterocycles. The molecule has 0 aliphatic heterocycles. The minimum Gasteiger partial charge on any atom is -0.867 e. The quantitative estimate of drug-likeness (QED) is 0.173. The third kappa shape index (κ3) is 6.46. The van der Waals surface area contributed by atoms with E-state index in [1.54, 1.807) is 18.5 Å². The topological polar surface area (TPSA) is 150 Å². The van der Waals surface area contributed by atoms with Crippen LogP contribution in [0.2, 0.25) is 5.02 Å². The molecule has 0 radical (unpaired) electrons. The number of carbonyl (C=O) groups excluding carboxylic acids is 1. The fourth-order valence-corrected chi connectivity index (χ4v) is 3.96. The number of anilines is 1. The van der Waals surface area contributed by atoms with Gasteiger partial charge in [-0.2, -0.15) is 5.10 Å². The summed E-state index contributed by atoms with van der Waals surface area (Å²) in [5.74, 6) is -0.623. The Hall–Kier alpha value is -3.16. The lowest BCUT2D eigenvalue weighted by Gasteiger charge is -2.11. The Morgan fingerprint density at radius 1 is 1.35 bits per heavy atom. The summed E-state index contributed by atoms with van der Waals surface area (Å²) in [5, 5.41) is 38.2. The number of aromatic nitrogens is 3. The van der Waals surface area contributed by atoms with Crippen LogP contribution in [0.5, 0.6) is 5.75 Å². The zero-order chi connectivity index (χ0) is 24.8. The fraction of sp³-hybridized carbons (Fsp3) is 0.200. The van der Waals surface area contributed by atoms with Crippen LogP contribution in [0, 0.1) is 10.1 Å². The summed E-state index contributed by atoms with van der Waals surface area (Å²) >= 11 is 10.4. The van der Waals surface area contributed by atoms with Crippen LogP contribution in [-0.4, -0.2) is 37.1 Å². The van der Waals surface area contributed by atoms with Crippen LogP contribution in [0.25, 0.3) is 0 Å². The largest absolute Gasteiger partial charge is 0.867 e. The van der Waals surface area contributed by atoms with Gasteiger partial charge in [-0.05, 0) is 48.6 Å². The molecule has 1 atom stereocenters. The molecule has 3 aromatic rings. The summed E-state index contributed by atoms with van der Waals surface area (Å²) in [6, 6.07) is 9.90. The molecule has 178 valence electrons. The maximum Gasteiger partial charge on any atom is 0.263 e. The molecular weight excluding hydrogens is 550 g/mol. The first kappa shape index (κ1) is 25.5. The summed E-state index contributed by atoms with van der Waals surface area (Å²) in [4.78, 5) is 22.5. The Balaban J connectivity index is 1.58. The van der Waals surface area contributed by atoms with Crippen molar-refractivity contribution in [2.24, 2.45) is 12.1 Å². The van der Waals surface area contributed by atoms with E-state index < -0.39 is 27.5 Å². The van der Waals surface area contributed by atoms with Crippen molar-refractivity contribution in [1.82, 2.24) is 20.2 Å². The van der Waals surface area contributed by atoms with Crippen LogP contribution in [-0.2, 0) is 18.4 Å². The van der Waals surface area contributed by atoms with Crippen LogP contribution in [0.4, 0.5) is 11.4 Å². The summed E-state index contributed by atoms with van der Waals surface area (Å²) in [6.45, 7) is 2.10. The molecule has 0 saturated heterocycles. The highest BCUT2D eigenvalue weighted by Gasteiger charge is 2.19. The predicted octanol–water partition coefficient (Wildman–Crippen LogP) is 3.46. The minimum absolute atomic E-state index is 0.00992. The molecule has 0 aliphatic carbocycles. The molecule has 0 unspecified atom stereocenters. The van der Waals surface area contributed by atoms with Gasteiger partial charge in [-0.1, -0.05) is 39.3 Å². The second-order valence-corrected chi connectivity index (χ2v) is 9.57. The number of nitrogens with one attached hydrogen (secondary N) is 2. The van der Waals surface area contributed by atoms with E-state index >= 15 is 0 Å². The molecule has 1 heterocycles. The third-order valence-electron chi connectivity index (χ3n) is 4.51. The molecule has 14 heteroatoms. The minimum atomic E-state index is -0.849. The first-order valence-electron chi connectivity index (χ1n) is 9.68. The summed E-state index contributed by atoms with van der Waals surface area (Å²) in [5.41, 5.74) is 2.45. The lowest BCUT2D eigenvalue weighted by Crippen LogP contribution is -2.27. The number of hydrogen-bond acceptors (Lipinski definition) is 9. The standard InChI is InChI=1S/C20H19BrClN7O4S/c1-11(19(31)26-24-9-12-7-14(22)8-16(18(12)30)29(32)33)34-20-27-25-17(28(20)2)10-23-15-5-3-13(21)4-6-15/h3-9,11,23,30H,10H2,1-2H3,(H,26,31)/p-1/b24-9-/t11-/m1/s1. The van der Waals surface area contributed by atoms with E-state index in [1.807, 2.05) is 24.3 Å².